The number of Topliss-reactive ketones (excluding diaryl/α,β-unsaturated/α-hetero) is 1. The van der Waals surface area contributed by atoms with Crippen LogP contribution >= 0.6 is 11.8 Å². The van der Waals surface area contributed by atoms with Crippen LogP contribution in [-0.4, -0.2) is 36.2 Å². The number of carbonyl (C=O) groups excluding carboxylic acids is 1. The molecule has 0 aliphatic rings. The predicted molar refractivity (Wildman–Crippen MR) is 102 cm³/mol. The van der Waals surface area contributed by atoms with E-state index in [1.807, 2.05) is 62.4 Å². The lowest BCUT2D eigenvalue weighted by molar-refractivity contribution is 0.0995. The van der Waals surface area contributed by atoms with Crippen molar-refractivity contribution in [2.24, 2.45) is 0 Å². The van der Waals surface area contributed by atoms with Gasteiger partial charge in [0.1, 0.15) is 0 Å². The summed E-state index contributed by atoms with van der Waals surface area (Å²) in [4.78, 5) is 16.1. The first-order chi connectivity index (χ1) is 12.6. The Hall–Kier alpha value is -2.93. The van der Waals surface area contributed by atoms with Crippen LogP contribution in [-0.2, 0) is 0 Å². The number of para-hydroxylation sites is 1. The number of fused-ring (bicyclic) bond motifs is 1. The molecule has 0 aliphatic carbocycles. The zero-order valence-electron chi connectivity index (χ0n) is 14.4. The topological polar surface area (TPSA) is 76.5 Å². The van der Waals surface area contributed by atoms with E-state index in [1.54, 1.807) is 10.9 Å². The summed E-state index contributed by atoms with van der Waals surface area (Å²) in [6, 6.07) is 15.7. The van der Waals surface area contributed by atoms with Crippen molar-refractivity contribution in [3.05, 3.63) is 65.9 Å². The summed E-state index contributed by atoms with van der Waals surface area (Å²) in [6.07, 6.45) is 1.77. The average molecular weight is 363 g/mol. The lowest BCUT2D eigenvalue weighted by Crippen LogP contribution is -2.14. The fourth-order valence-electron chi connectivity index (χ4n) is 2.88. The SMILES string of the molecule is Cc1cccc(-n2nnnc2S[C@@H](C)C(=O)c2c[nH]c3ccccc23)c1. The summed E-state index contributed by atoms with van der Waals surface area (Å²) in [6.45, 7) is 3.90. The molecule has 26 heavy (non-hydrogen) atoms. The van der Waals surface area contributed by atoms with Crippen molar-refractivity contribution < 1.29 is 4.79 Å². The molecule has 7 heteroatoms. The molecule has 6 nitrogen and oxygen atoms in total. The van der Waals surface area contributed by atoms with Crippen LogP contribution in [0.15, 0.2) is 59.9 Å². The highest BCUT2D eigenvalue weighted by Gasteiger charge is 2.22. The quantitative estimate of drug-likeness (QED) is 0.431. The van der Waals surface area contributed by atoms with E-state index in [0.717, 1.165) is 22.2 Å². The fourth-order valence-corrected chi connectivity index (χ4v) is 3.76. The number of rotatable bonds is 5. The van der Waals surface area contributed by atoms with Crippen LogP contribution in [0.1, 0.15) is 22.8 Å². The summed E-state index contributed by atoms with van der Waals surface area (Å²) in [5, 5.41) is 13.2. The number of thioether (sulfide) groups is 1. The van der Waals surface area contributed by atoms with Gasteiger partial charge in [0.2, 0.25) is 5.16 Å². The Kier molecular flexibility index (Phi) is 4.30. The first-order valence-electron chi connectivity index (χ1n) is 8.26. The largest absolute Gasteiger partial charge is 0.360 e. The highest BCUT2D eigenvalue weighted by molar-refractivity contribution is 8.00. The molecular weight excluding hydrogens is 346 g/mol. The van der Waals surface area contributed by atoms with Gasteiger partial charge in [-0.15, -0.1) is 5.10 Å². The van der Waals surface area contributed by atoms with E-state index in [2.05, 4.69) is 20.5 Å². The Labute approximate surface area is 154 Å². The number of aromatic amines is 1. The first kappa shape index (κ1) is 16.5. The van der Waals surface area contributed by atoms with Crippen molar-refractivity contribution in [3.63, 3.8) is 0 Å². The lowest BCUT2D eigenvalue weighted by Gasteiger charge is -2.10. The highest BCUT2D eigenvalue weighted by Crippen LogP contribution is 2.28. The summed E-state index contributed by atoms with van der Waals surface area (Å²) in [7, 11) is 0. The van der Waals surface area contributed by atoms with Crippen LogP contribution < -0.4 is 0 Å². The number of hydrogen-bond donors (Lipinski definition) is 1. The van der Waals surface area contributed by atoms with Gasteiger partial charge in [-0.2, -0.15) is 4.68 Å². The Morgan fingerprint density at radius 3 is 2.88 bits per heavy atom. The number of aromatic nitrogens is 5. The molecule has 0 saturated carbocycles. The summed E-state index contributed by atoms with van der Waals surface area (Å²) >= 11 is 1.36. The van der Waals surface area contributed by atoms with E-state index in [9.17, 15) is 4.79 Å². The van der Waals surface area contributed by atoms with Crippen molar-refractivity contribution in [3.8, 4) is 5.69 Å². The van der Waals surface area contributed by atoms with Crippen molar-refractivity contribution in [1.82, 2.24) is 25.2 Å². The van der Waals surface area contributed by atoms with Crippen LogP contribution in [0.3, 0.4) is 0 Å². The van der Waals surface area contributed by atoms with Gasteiger partial charge in [-0.05, 0) is 48.0 Å². The van der Waals surface area contributed by atoms with Crippen LogP contribution in [0.25, 0.3) is 16.6 Å². The minimum absolute atomic E-state index is 0.0474. The predicted octanol–water partition coefficient (Wildman–Crippen LogP) is 3.82. The number of ketones is 1. The lowest BCUT2D eigenvalue weighted by atomic mass is 10.1. The molecule has 0 unspecified atom stereocenters. The summed E-state index contributed by atoms with van der Waals surface area (Å²) < 4.78 is 1.66. The van der Waals surface area contributed by atoms with Gasteiger partial charge in [0.25, 0.3) is 0 Å². The first-order valence-corrected chi connectivity index (χ1v) is 9.14. The number of H-pyrrole nitrogens is 1. The maximum Gasteiger partial charge on any atom is 0.214 e. The van der Waals surface area contributed by atoms with Crippen molar-refractivity contribution in [2.75, 3.05) is 0 Å². The van der Waals surface area contributed by atoms with Crippen LogP contribution in [0.5, 0.6) is 0 Å². The van der Waals surface area contributed by atoms with Gasteiger partial charge in [0.15, 0.2) is 5.78 Å². The van der Waals surface area contributed by atoms with E-state index in [-0.39, 0.29) is 11.0 Å². The van der Waals surface area contributed by atoms with Crippen LogP contribution in [0.2, 0.25) is 0 Å². The smallest absolute Gasteiger partial charge is 0.214 e. The molecule has 0 radical (unpaired) electrons. The molecule has 0 amide bonds. The molecule has 0 aliphatic heterocycles. The maximum atomic E-state index is 12.9. The van der Waals surface area contributed by atoms with E-state index in [1.165, 1.54) is 11.8 Å². The molecule has 4 rings (SSSR count). The van der Waals surface area contributed by atoms with E-state index in [4.69, 9.17) is 0 Å². The molecule has 1 atom stereocenters. The molecule has 2 heterocycles. The van der Waals surface area contributed by atoms with Gasteiger partial charge in [-0.3, -0.25) is 4.79 Å². The molecule has 1 N–H and O–H groups in total. The van der Waals surface area contributed by atoms with Gasteiger partial charge >= 0.3 is 0 Å². The molecule has 130 valence electrons. The third-order valence-electron chi connectivity index (χ3n) is 4.19. The highest BCUT2D eigenvalue weighted by atomic mass is 32.2. The molecule has 2 aromatic carbocycles. The Balaban J connectivity index is 1.60. The zero-order valence-corrected chi connectivity index (χ0v) is 15.2. The Bertz CT molecular complexity index is 1080. The third-order valence-corrected chi connectivity index (χ3v) is 5.23. The van der Waals surface area contributed by atoms with Gasteiger partial charge in [0.05, 0.1) is 10.9 Å². The summed E-state index contributed by atoms with van der Waals surface area (Å²) in [5.41, 5.74) is 3.65. The number of aryl methyl sites for hydroxylation is 1. The minimum atomic E-state index is -0.316. The average Bonchev–Trinajstić information content (AvgIpc) is 3.28. The third kappa shape index (κ3) is 3.01. The van der Waals surface area contributed by atoms with Crippen LogP contribution in [0.4, 0.5) is 0 Å². The Morgan fingerprint density at radius 2 is 2.04 bits per heavy atom. The van der Waals surface area contributed by atoms with E-state index >= 15 is 0 Å². The number of hydrogen-bond acceptors (Lipinski definition) is 5. The Morgan fingerprint density at radius 1 is 1.19 bits per heavy atom. The number of benzene rings is 2. The second kappa shape index (κ2) is 6.76. The van der Waals surface area contributed by atoms with Crippen molar-refractivity contribution in [2.45, 2.75) is 24.3 Å². The standard InChI is InChI=1S/C19H17N5OS/c1-12-6-5-7-14(10-12)24-19(21-22-23-24)26-13(2)18(25)16-11-20-17-9-4-3-8-15(16)17/h3-11,13,20H,1-2H3/t13-/m0/s1. The number of nitrogens with zero attached hydrogens (tertiary/aromatic N) is 4. The second-order valence-electron chi connectivity index (χ2n) is 6.08. The van der Waals surface area contributed by atoms with Crippen LogP contribution in [0, 0.1) is 6.92 Å². The fraction of sp³-hybridized carbons (Fsp3) is 0.158. The molecule has 0 fully saturated rings. The van der Waals surface area contributed by atoms with Crippen molar-refractivity contribution >= 4 is 28.4 Å². The summed E-state index contributed by atoms with van der Waals surface area (Å²) in [5.74, 6) is 0.0474. The molecule has 0 spiro atoms. The number of tetrazole rings is 1. The number of nitrogens with one attached hydrogen (secondary N) is 1. The zero-order chi connectivity index (χ0) is 18.1. The molecule has 4 aromatic rings. The van der Waals surface area contributed by atoms with Crippen molar-refractivity contribution in [1.29, 1.82) is 0 Å². The molecular formula is C19H17N5OS. The van der Waals surface area contributed by atoms with Gasteiger partial charge < -0.3 is 4.98 Å². The van der Waals surface area contributed by atoms with Gasteiger partial charge in [-0.1, -0.05) is 42.1 Å². The number of carbonyl (C=O) groups is 1. The van der Waals surface area contributed by atoms with Gasteiger partial charge in [0, 0.05) is 22.7 Å². The maximum absolute atomic E-state index is 12.9. The molecule has 0 saturated heterocycles. The van der Waals surface area contributed by atoms with E-state index < -0.39 is 0 Å². The van der Waals surface area contributed by atoms with Gasteiger partial charge in [-0.25, -0.2) is 0 Å². The monoisotopic (exact) mass is 363 g/mol. The minimum Gasteiger partial charge on any atom is -0.360 e. The normalized spacial score (nSPS) is 12.4. The van der Waals surface area contributed by atoms with E-state index in [0.29, 0.717) is 10.7 Å². The molecule has 0 bridgehead atoms. The second-order valence-corrected chi connectivity index (χ2v) is 7.39. The molecule has 2 aromatic heterocycles.